The van der Waals surface area contributed by atoms with Crippen LogP contribution in [0.2, 0.25) is 0 Å². The van der Waals surface area contributed by atoms with Gasteiger partial charge in [-0.15, -0.1) is 5.10 Å². The van der Waals surface area contributed by atoms with E-state index in [2.05, 4.69) is 20.3 Å². The first kappa shape index (κ1) is 23.6. The molecule has 188 valence electrons. The molecule has 3 aromatic rings. The van der Waals surface area contributed by atoms with Crippen molar-refractivity contribution in [3.8, 4) is 11.8 Å². The van der Waals surface area contributed by atoms with Crippen LogP contribution in [-0.4, -0.2) is 37.5 Å². The van der Waals surface area contributed by atoms with E-state index in [1.165, 1.54) is 4.68 Å². The second-order valence-electron chi connectivity index (χ2n) is 9.63. The molecule has 1 saturated carbocycles. The summed E-state index contributed by atoms with van der Waals surface area (Å²) in [5.74, 6) is -0.749. The normalized spacial score (nSPS) is 24.4. The van der Waals surface area contributed by atoms with Gasteiger partial charge >= 0.3 is 12.2 Å². The third-order valence-corrected chi connectivity index (χ3v) is 6.91. The first-order chi connectivity index (χ1) is 16.5. The Kier molecular flexibility index (Phi) is 5.73. The van der Waals surface area contributed by atoms with E-state index in [-0.39, 0.29) is 36.0 Å². The number of alkyl halides is 3. The van der Waals surface area contributed by atoms with Crippen molar-refractivity contribution < 1.29 is 22.3 Å². The molecule has 0 amide bonds. The Labute approximate surface area is 199 Å². The van der Waals surface area contributed by atoms with Crippen molar-refractivity contribution in [1.82, 2.24) is 25.0 Å². The maximum absolute atomic E-state index is 14.4. The lowest BCUT2D eigenvalue weighted by Crippen LogP contribution is -2.51. The van der Waals surface area contributed by atoms with E-state index in [0.29, 0.717) is 24.6 Å². The largest absolute Gasteiger partial charge is 0.421 e. The summed E-state index contributed by atoms with van der Waals surface area (Å²) in [6, 6.07) is 3.52. The lowest BCUT2D eigenvalue weighted by Gasteiger charge is -2.42. The van der Waals surface area contributed by atoms with Crippen LogP contribution in [0, 0.1) is 24.6 Å². The number of hydrogen-bond acceptors (Lipinski definition) is 6. The van der Waals surface area contributed by atoms with Crippen LogP contribution in [-0.2, 0) is 6.18 Å². The molecule has 3 N–H and O–H groups in total. The van der Waals surface area contributed by atoms with Gasteiger partial charge in [-0.1, -0.05) is 0 Å². The third kappa shape index (κ3) is 4.24. The molecule has 2 aromatic heterocycles. The van der Waals surface area contributed by atoms with Crippen LogP contribution in [0.3, 0.4) is 0 Å². The lowest BCUT2D eigenvalue weighted by atomic mass is 9.84. The maximum atomic E-state index is 14.4. The van der Waals surface area contributed by atoms with Crippen LogP contribution in [0.5, 0.6) is 11.8 Å². The number of aryl methyl sites for hydroxylation is 1. The molecule has 1 saturated heterocycles. The number of nitrogens with zero attached hydrogens (tertiary/aromatic N) is 5. The minimum absolute atomic E-state index is 0.0235. The summed E-state index contributed by atoms with van der Waals surface area (Å²) in [5.41, 5.74) is 7.27. The Balaban J connectivity index is 1.53. The standard InChI is InChI=1S/C23H27F4N7O/c1-11(2)34-22(35-18-9-14(23(25,26)27)5-7-16(18)24)29-21(32-34)33-10-13-4-6-15(19(13)28)20(33)17-8-12(3)30-31-17/h5,7-9,11,13,15,19-20H,4,6,10,28H2,1-3H3,(H,30,31). The fourth-order valence-electron chi connectivity index (χ4n) is 5.18. The molecule has 8 nitrogen and oxygen atoms in total. The number of hydrogen-bond donors (Lipinski definition) is 2. The van der Waals surface area contributed by atoms with Gasteiger partial charge < -0.3 is 15.4 Å². The molecular formula is C23H27F4N7O. The SMILES string of the molecule is Cc1cc(C2C3CCC(CN2c2nc(Oc4cc(C(F)(F)F)ccc4F)n(C(C)C)n2)C3N)n[nH]1. The molecule has 35 heavy (non-hydrogen) atoms. The second kappa shape index (κ2) is 8.51. The number of halogens is 4. The van der Waals surface area contributed by atoms with Gasteiger partial charge in [0.05, 0.1) is 23.3 Å². The molecule has 4 atom stereocenters. The number of rotatable bonds is 5. The summed E-state index contributed by atoms with van der Waals surface area (Å²) in [4.78, 5) is 6.55. The average molecular weight is 494 g/mol. The molecule has 1 aromatic carbocycles. The number of aromatic amines is 1. The van der Waals surface area contributed by atoms with Gasteiger partial charge in [0.15, 0.2) is 11.6 Å². The van der Waals surface area contributed by atoms with Crippen LogP contribution < -0.4 is 15.4 Å². The molecule has 0 radical (unpaired) electrons. The number of ether oxygens (including phenoxy) is 1. The van der Waals surface area contributed by atoms with Gasteiger partial charge in [-0.2, -0.15) is 23.3 Å². The van der Waals surface area contributed by atoms with Gasteiger partial charge in [0.2, 0.25) is 5.95 Å². The highest BCUT2D eigenvalue weighted by molar-refractivity contribution is 5.41. The second-order valence-corrected chi connectivity index (χ2v) is 9.63. The monoisotopic (exact) mass is 493 g/mol. The van der Waals surface area contributed by atoms with E-state index in [0.717, 1.165) is 30.3 Å². The number of nitrogens with two attached hydrogens (primary N) is 1. The molecule has 1 aliphatic carbocycles. The predicted molar refractivity (Wildman–Crippen MR) is 119 cm³/mol. The van der Waals surface area contributed by atoms with Crippen LogP contribution in [0.15, 0.2) is 24.3 Å². The predicted octanol–water partition coefficient (Wildman–Crippen LogP) is 4.76. The van der Waals surface area contributed by atoms with E-state index in [9.17, 15) is 17.6 Å². The Bertz CT molecular complexity index is 1220. The van der Waals surface area contributed by atoms with Crippen molar-refractivity contribution in [3.05, 3.63) is 47.0 Å². The molecule has 1 aliphatic heterocycles. The van der Waals surface area contributed by atoms with Crippen molar-refractivity contribution in [2.24, 2.45) is 17.6 Å². The molecule has 0 spiro atoms. The molecule has 3 heterocycles. The van der Waals surface area contributed by atoms with E-state index in [4.69, 9.17) is 10.5 Å². The lowest BCUT2D eigenvalue weighted by molar-refractivity contribution is -0.137. The zero-order valence-electron chi connectivity index (χ0n) is 19.6. The molecule has 12 heteroatoms. The van der Waals surface area contributed by atoms with E-state index >= 15 is 0 Å². The first-order valence-electron chi connectivity index (χ1n) is 11.6. The number of benzene rings is 1. The molecular weight excluding hydrogens is 466 g/mol. The van der Waals surface area contributed by atoms with Crippen molar-refractivity contribution in [1.29, 1.82) is 0 Å². The summed E-state index contributed by atoms with van der Waals surface area (Å²) in [7, 11) is 0. The first-order valence-corrected chi connectivity index (χ1v) is 11.6. The van der Waals surface area contributed by atoms with Gasteiger partial charge in [-0.25, -0.2) is 9.07 Å². The maximum Gasteiger partial charge on any atom is 0.416 e. The number of H-pyrrole nitrogens is 1. The summed E-state index contributed by atoms with van der Waals surface area (Å²) in [6.07, 6.45) is -2.71. The topological polar surface area (TPSA) is 97.9 Å². The number of anilines is 1. The highest BCUT2D eigenvalue weighted by atomic mass is 19.4. The number of nitrogens with one attached hydrogen (secondary N) is 1. The summed E-state index contributed by atoms with van der Waals surface area (Å²) in [6.45, 7) is 6.19. The van der Waals surface area contributed by atoms with Gasteiger partial charge in [0, 0.05) is 24.2 Å². The third-order valence-electron chi connectivity index (χ3n) is 6.91. The average Bonchev–Trinajstić information content (AvgIpc) is 3.45. The minimum atomic E-state index is -4.64. The van der Waals surface area contributed by atoms with Crippen molar-refractivity contribution in [2.75, 3.05) is 11.4 Å². The fraction of sp³-hybridized carbons (Fsp3) is 0.522. The Hall–Kier alpha value is -3.15. The number of piperidine rings is 1. The smallest absolute Gasteiger partial charge is 0.416 e. The minimum Gasteiger partial charge on any atom is -0.421 e. The fourth-order valence-corrected chi connectivity index (χ4v) is 5.18. The molecule has 2 bridgehead atoms. The summed E-state index contributed by atoms with van der Waals surface area (Å²) in [5, 5.41) is 12.1. The Morgan fingerprint density at radius 2 is 1.97 bits per heavy atom. The molecule has 5 rings (SSSR count). The molecule has 2 aliphatic rings. The summed E-state index contributed by atoms with van der Waals surface area (Å²) >= 11 is 0. The Morgan fingerprint density at radius 3 is 2.63 bits per heavy atom. The van der Waals surface area contributed by atoms with Gasteiger partial charge in [-0.05, 0) is 63.8 Å². The van der Waals surface area contributed by atoms with Crippen molar-refractivity contribution in [3.63, 3.8) is 0 Å². The van der Waals surface area contributed by atoms with Crippen LogP contribution >= 0.6 is 0 Å². The summed E-state index contributed by atoms with van der Waals surface area (Å²) < 4.78 is 60.9. The van der Waals surface area contributed by atoms with Gasteiger partial charge in [0.1, 0.15) is 0 Å². The highest BCUT2D eigenvalue weighted by Gasteiger charge is 2.49. The van der Waals surface area contributed by atoms with E-state index < -0.39 is 23.3 Å². The zero-order valence-corrected chi connectivity index (χ0v) is 19.6. The van der Waals surface area contributed by atoms with Crippen LogP contribution in [0.1, 0.15) is 55.7 Å². The molecule has 4 unspecified atom stereocenters. The molecule has 2 fully saturated rings. The van der Waals surface area contributed by atoms with Crippen molar-refractivity contribution >= 4 is 5.95 Å². The Morgan fingerprint density at radius 1 is 1.20 bits per heavy atom. The van der Waals surface area contributed by atoms with Gasteiger partial charge in [-0.3, -0.25) is 5.10 Å². The van der Waals surface area contributed by atoms with Gasteiger partial charge in [0.25, 0.3) is 0 Å². The van der Waals surface area contributed by atoms with E-state index in [1.54, 1.807) is 0 Å². The van der Waals surface area contributed by atoms with Crippen LogP contribution in [0.4, 0.5) is 23.5 Å². The van der Waals surface area contributed by atoms with E-state index in [1.807, 2.05) is 31.7 Å². The number of aromatic nitrogens is 5. The quantitative estimate of drug-likeness (QED) is 0.498. The highest BCUT2D eigenvalue weighted by Crippen LogP contribution is 2.48. The number of fused-ring (bicyclic) bond motifs is 2. The van der Waals surface area contributed by atoms with Crippen LogP contribution in [0.25, 0.3) is 0 Å². The van der Waals surface area contributed by atoms with Crippen molar-refractivity contribution in [2.45, 2.75) is 57.9 Å². The zero-order chi connectivity index (χ0) is 25.1.